The largest absolute Gasteiger partial charge is 0.493 e. The van der Waals surface area contributed by atoms with E-state index in [1.165, 1.54) is 0 Å². The third-order valence-electron chi connectivity index (χ3n) is 6.82. The van der Waals surface area contributed by atoms with E-state index in [1.807, 2.05) is 55.1 Å². The molecule has 6 heteroatoms. The molecule has 0 aromatic heterocycles. The van der Waals surface area contributed by atoms with Crippen molar-refractivity contribution in [3.05, 3.63) is 54.1 Å². The Balaban J connectivity index is 1.27. The summed E-state index contributed by atoms with van der Waals surface area (Å²) in [4.78, 5) is 17.0. The van der Waals surface area contributed by atoms with Crippen LogP contribution in [0.15, 0.2) is 48.5 Å². The molecule has 0 saturated carbocycles. The minimum absolute atomic E-state index is 0.0570. The highest BCUT2D eigenvalue weighted by Crippen LogP contribution is 2.26. The fourth-order valence-electron chi connectivity index (χ4n) is 5.13. The summed E-state index contributed by atoms with van der Waals surface area (Å²) in [6, 6.07) is 15.9. The maximum atomic E-state index is 13.9. The van der Waals surface area contributed by atoms with Crippen LogP contribution in [-0.4, -0.2) is 72.9 Å². The monoisotopic (exact) mass is 482 g/mol. The second-order valence-corrected chi connectivity index (χ2v) is 10.8. The van der Waals surface area contributed by atoms with Gasteiger partial charge in [0, 0.05) is 25.2 Å². The Hall–Kier alpha value is -2.44. The first-order valence-electron chi connectivity index (χ1n) is 12.9. The molecule has 35 heavy (non-hydrogen) atoms. The van der Waals surface area contributed by atoms with E-state index in [1.54, 1.807) is 13.8 Å². The standard InChI is InChI=1S/C29H39FN2O3/c1-21-17-32(18-22(2)35-21)28(33)26-7-5-24(6-8-26)25-9-11-27(12-10-25)34-19-23-13-15-31(16-14-23)20-29(3,4)30/h5-12,21-23H,13-20H2,1-4H3. The first-order valence-corrected chi connectivity index (χ1v) is 12.9. The zero-order valence-electron chi connectivity index (χ0n) is 21.5. The van der Waals surface area contributed by atoms with Crippen LogP contribution in [0.25, 0.3) is 11.1 Å². The second-order valence-electron chi connectivity index (χ2n) is 10.8. The summed E-state index contributed by atoms with van der Waals surface area (Å²) in [5, 5.41) is 0. The molecule has 5 nitrogen and oxygen atoms in total. The van der Waals surface area contributed by atoms with Crippen molar-refractivity contribution in [2.24, 2.45) is 5.92 Å². The van der Waals surface area contributed by atoms with Gasteiger partial charge >= 0.3 is 0 Å². The Morgan fingerprint density at radius 1 is 0.971 bits per heavy atom. The van der Waals surface area contributed by atoms with Gasteiger partial charge in [0.2, 0.25) is 0 Å². The lowest BCUT2D eigenvalue weighted by Crippen LogP contribution is -2.48. The molecule has 2 saturated heterocycles. The highest BCUT2D eigenvalue weighted by Gasteiger charge is 2.27. The highest BCUT2D eigenvalue weighted by molar-refractivity contribution is 5.94. The van der Waals surface area contributed by atoms with Crippen LogP contribution < -0.4 is 4.74 Å². The number of morpholine rings is 1. The molecular formula is C29H39FN2O3. The summed E-state index contributed by atoms with van der Waals surface area (Å²) in [6.45, 7) is 11.6. The van der Waals surface area contributed by atoms with Gasteiger partial charge in [-0.05, 0) is 94.9 Å². The van der Waals surface area contributed by atoms with Crippen molar-refractivity contribution in [2.45, 2.75) is 58.4 Å². The average Bonchev–Trinajstić information content (AvgIpc) is 2.82. The Morgan fingerprint density at radius 3 is 2.06 bits per heavy atom. The lowest BCUT2D eigenvalue weighted by atomic mass is 9.97. The molecule has 0 bridgehead atoms. The quantitative estimate of drug-likeness (QED) is 0.527. The number of hydrogen-bond donors (Lipinski definition) is 0. The molecule has 0 radical (unpaired) electrons. The fourth-order valence-corrected chi connectivity index (χ4v) is 5.13. The second kappa shape index (κ2) is 11.1. The minimum Gasteiger partial charge on any atom is -0.493 e. The maximum absolute atomic E-state index is 13.9. The molecule has 190 valence electrons. The van der Waals surface area contributed by atoms with E-state index in [0.29, 0.717) is 37.7 Å². The molecule has 1 amide bonds. The first-order chi connectivity index (χ1) is 16.7. The van der Waals surface area contributed by atoms with Crippen LogP contribution >= 0.6 is 0 Å². The first kappa shape index (κ1) is 25.6. The predicted octanol–water partition coefficient (Wildman–Crippen LogP) is 5.44. The van der Waals surface area contributed by atoms with Gasteiger partial charge in [-0.1, -0.05) is 24.3 Å². The number of carbonyl (C=O) groups is 1. The third kappa shape index (κ3) is 7.28. The summed E-state index contributed by atoms with van der Waals surface area (Å²) >= 11 is 0. The van der Waals surface area contributed by atoms with Crippen molar-refractivity contribution in [3.8, 4) is 16.9 Å². The highest BCUT2D eigenvalue weighted by atomic mass is 19.1. The summed E-state index contributed by atoms with van der Waals surface area (Å²) in [5.74, 6) is 1.43. The molecule has 2 unspecified atom stereocenters. The number of halogens is 1. The molecule has 2 aliphatic heterocycles. The van der Waals surface area contributed by atoms with E-state index in [0.717, 1.165) is 42.8 Å². The molecule has 0 N–H and O–H groups in total. The normalized spacial score (nSPS) is 22.3. The molecule has 0 spiro atoms. The van der Waals surface area contributed by atoms with E-state index in [9.17, 15) is 9.18 Å². The van der Waals surface area contributed by atoms with Crippen molar-refractivity contribution in [1.82, 2.24) is 9.80 Å². The van der Waals surface area contributed by atoms with Gasteiger partial charge in [0.25, 0.3) is 5.91 Å². The van der Waals surface area contributed by atoms with Gasteiger partial charge < -0.3 is 19.3 Å². The van der Waals surface area contributed by atoms with E-state index < -0.39 is 5.67 Å². The third-order valence-corrected chi connectivity index (χ3v) is 6.82. The smallest absolute Gasteiger partial charge is 0.254 e. The summed E-state index contributed by atoms with van der Waals surface area (Å²) in [5.41, 5.74) is 1.73. The minimum atomic E-state index is -1.14. The Kier molecular flexibility index (Phi) is 8.12. The SMILES string of the molecule is CC1CN(C(=O)c2ccc(-c3ccc(OCC4CCN(CC(C)(C)F)CC4)cc3)cc2)CC(C)O1. The van der Waals surface area contributed by atoms with Gasteiger partial charge in [0.15, 0.2) is 0 Å². The topological polar surface area (TPSA) is 42.0 Å². The average molecular weight is 483 g/mol. The number of carbonyl (C=O) groups excluding carboxylic acids is 1. The summed E-state index contributed by atoms with van der Waals surface area (Å²) < 4.78 is 25.7. The Bertz CT molecular complexity index is 953. The number of alkyl halides is 1. The lowest BCUT2D eigenvalue weighted by molar-refractivity contribution is -0.0586. The molecule has 2 aromatic carbocycles. The van der Waals surface area contributed by atoms with E-state index in [2.05, 4.69) is 17.0 Å². The molecule has 0 aliphatic carbocycles. The van der Waals surface area contributed by atoms with Gasteiger partial charge in [0.05, 0.1) is 18.8 Å². The van der Waals surface area contributed by atoms with Crippen molar-refractivity contribution in [1.29, 1.82) is 0 Å². The van der Waals surface area contributed by atoms with Gasteiger partial charge in [-0.2, -0.15) is 0 Å². The lowest BCUT2D eigenvalue weighted by Gasteiger charge is -2.35. The Morgan fingerprint density at radius 2 is 1.51 bits per heavy atom. The molecule has 4 rings (SSSR count). The molecule has 2 fully saturated rings. The van der Waals surface area contributed by atoms with Gasteiger partial charge in [-0.15, -0.1) is 0 Å². The number of benzene rings is 2. The number of ether oxygens (including phenoxy) is 2. The van der Waals surface area contributed by atoms with E-state index >= 15 is 0 Å². The Labute approximate surface area is 209 Å². The van der Waals surface area contributed by atoms with E-state index in [4.69, 9.17) is 9.47 Å². The number of nitrogens with zero attached hydrogens (tertiary/aromatic N) is 2. The van der Waals surface area contributed by atoms with E-state index in [-0.39, 0.29) is 18.1 Å². The fraction of sp³-hybridized carbons (Fsp3) is 0.552. The number of hydrogen-bond acceptors (Lipinski definition) is 4. The van der Waals surface area contributed by atoms with Crippen molar-refractivity contribution in [3.63, 3.8) is 0 Å². The molecule has 2 aliphatic rings. The van der Waals surface area contributed by atoms with Crippen LogP contribution in [0.2, 0.25) is 0 Å². The molecular weight excluding hydrogens is 443 g/mol. The maximum Gasteiger partial charge on any atom is 0.254 e. The van der Waals surface area contributed by atoms with Crippen LogP contribution in [0.1, 0.15) is 50.9 Å². The van der Waals surface area contributed by atoms with Crippen LogP contribution in [0.5, 0.6) is 5.75 Å². The predicted molar refractivity (Wildman–Crippen MR) is 138 cm³/mol. The van der Waals surface area contributed by atoms with Gasteiger partial charge in [-0.25, -0.2) is 4.39 Å². The number of piperidine rings is 1. The number of amides is 1. The van der Waals surface area contributed by atoms with Gasteiger partial charge in [-0.3, -0.25) is 4.79 Å². The van der Waals surface area contributed by atoms with Crippen LogP contribution in [-0.2, 0) is 4.74 Å². The molecule has 2 aromatic rings. The van der Waals surface area contributed by atoms with Gasteiger partial charge in [0.1, 0.15) is 11.4 Å². The number of rotatable bonds is 7. The molecule has 2 atom stereocenters. The molecule has 2 heterocycles. The number of likely N-dealkylation sites (tertiary alicyclic amines) is 1. The summed E-state index contributed by atoms with van der Waals surface area (Å²) in [6.07, 6.45) is 2.21. The zero-order chi connectivity index (χ0) is 25.0. The van der Waals surface area contributed by atoms with Crippen molar-refractivity contribution >= 4 is 5.91 Å². The zero-order valence-corrected chi connectivity index (χ0v) is 21.5. The van der Waals surface area contributed by atoms with Crippen molar-refractivity contribution in [2.75, 3.05) is 39.3 Å². The van der Waals surface area contributed by atoms with Crippen molar-refractivity contribution < 1.29 is 18.7 Å². The summed E-state index contributed by atoms with van der Waals surface area (Å²) in [7, 11) is 0. The van der Waals surface area contributed by atoms with Crippen LogP contribution in [0.4, 0.5) is 4.39 Å². The van der Waals surface area contributed by atoms with Crippen LogP contribution in [0, 0.1) is 5.92 Å². The van der Waals surface area contributed by atoms with Crippen LogP contribution in [0.3, 0.4) is 0 Å².